The highest BCUT2D eigenvalue weighted by atomic mass is 32.2. The summed E-state index contributed by atoms with van der Waals surface area (Å²) < 4.78 is 0. The molecule has 0 unspecified atom stereocenters. The van der Waals surface area contributed by atoms with Gasteiger partial charge in [-0.25, -0.2) is 0 Å². The molecule has 1 aromatic heterocycles. The van der Waals surface area contributed by atoms with E-state index in [-0.39, 0.29) is 5.91 Å². The maximum Gasteiger partial charge on any atom is 0.230 e. The molecule has 0 saturated heterocycles. The van der Waals surface area contributed by atoms with Crippen molar-refractivity contribution in [3.05, 3.63) is 5.01 Å². The molecule has 102 valence electrons. The molecule has 18 heavy (non-hydrogen) atoms. The summed E-state index contributed by atoms with van der Waals surface area (Å²) in [5, 5.41) is 16.0. The van der Waals surface area contributed by atoms with E-state index in [1.54, 1.807) is 23.1 Å². The highest BCUT2D eigenvalue weighted by Gasteiger charge is 2.05. The van der Waals surface area contributed by atoms with E-state index in [0.717, 1.165) is 41.8 Å². The van der Waals surface area contributed by atoms with E-state index in [4.69, 9.17) is 0 Å². The van der Waals surface area contributed by atoms with Crippen molar-refractivity contribution in [3.63, 3.8) is 0 Å². The molecule has 2 N–H and O–H groups in total. The molecule has 0 bridgehead atoms. The molecule has 0 aliphatic rings. The Kier molecular flexibility index (Phi) is 7.75. The first-order valence-electron chi connectivity index (χ1n) is 6.17. The number of thioether (sulfide) groups is 1. The van der Waals surface area contributed by atoms with Crippen LogP contribution in [0.3, 0.4) is 0 Å². The van der Waals surface area contributed by atoms with E-state index < -0.39 is 0 Å². The number of rotatable bonds is 9. The Morgan fingerprint density at radius 3 is 2.78 bits per heavy atom. The Bertz CT molecular complexity index is 357. The number of carbonyl (C=O) groups is 1. The Morgan fingerprint density at radius 2 is 2.06 bits per heavy atom. The lowest BCUT2D eigenvalue weighted by Crippen LogP contribution is -2.25. The van der Waals surface area contributed by atoms with Crippen molar-refractivity contribution in [1.82, 2.24) is 15.5 Å². The van der Waals surface area contributed by atoms with Crippen LogP contribution in [0.25, 0.3) is 0 Å². The summed E-state index contributed by atoms with van der Waals surface area (Å²) in [6, 6.07) is 0. The van der Waals surface area contributed by atoms with Crippen LogP contribution in [-0.2, 0) is 10.5 Å². The quantitative estimate of drug-likeness (QED) is 0.728. The SMILES string of the molecule is CCCNC(=O)CSCc1nnc(NCCC)s1. The Morgan fingerprint density at radius 1 is 1.28 bits per heavy atom. The molecule has 0 spiro atoms. The smallest absolute Gasteiger partial charge is 0.230 e. The number of hydrogen-bond acceptors (Lipinski definition) is 6. The minimum Gasteiger partial charge on any atom is -0.360 e. The third-order valence-electron chi connectivity index (χ3n) is 2.02. The molecule has 1 amide bonds. The van der Waals surface area contributed by atoms with E-state index in [1.807, 2.05) is 6.92 Å². The number of nitrogens with one attached hydrogen (secondary N) is 2. The minimum atomic E-state index is 0.0932. The summed E-state index contributed by atoms with van der Waals surface area (Å²) in [4.78, 5) is 11.4. The van der Waals surface area contributed by atoms with Crippen LogP contribution in [0.4, 0.5) is 5.13 Å². The highest BCUT2D eigenvalue weighted by molar-refractivity contribution is 7.99. The molecule has 1 rings (SSSR count). The highest BCUT2D eigenvalue weighted by Crippen LogP contribution is 2.19. The number of carbonyl (C=O) groups excluding carboxylic acids is 1. The van der Waals surface area contributed by atoms with Gasteiger partial charge in [0.2, 0.25) is 11.0 Å². The molecule has 0 fully saturated rings. The lowest BCUT2D eigenvalue weighted by Gasteiger charge is -2.01. The van der Waals surface area contributed by atoms with E-state index in [9.17, 15) is 4.79 Å². The Hall–Kier alpha value is -0.820. The van der Waals surface area contributed by atoms with Crippen LogP contribution in [0, 0.1) is 0 Å². The predicted octanol–water partition coefficient (Wildman–Crippen LogP) is 2.12. The number of amides is 1. The van der Waals surface area contributed by atoms with Crippen molar-refractivity contribution in [2.24, 2.45) is 0 Å². The van der Waals surface area contributed by atoms with Crippen molar-refractivity contribution >= 4 is 34.1 Å². The zero-order chi connectivity index (χ0) is 13.2. The lowest BCUT2D eigenvalue weighted by atomic mass is 10.5. The average molecular weight is 288 g/mol. The maximum absolute atomic E-state index is 11.4. The van der Waals surface area contributed by atoms with Crippen LogP contribution in [0.2, 0.25) is 0 Å². The molecule has 0 aliphatic heterocycles. The third-order valence-corrected chi connectivity index (χ3v) is 4.03. The fourth-order valence-corrected chi connectivity index (χ4v) is 2.83. The summed E-state index contributed by atoms with van der Waals surface area (Å²) >= 11 is 3.13. The topological polar surface area (TPSA) is 66.9 Å². The van der Waals surface area contributed by atoms with Crippen molar-refractivity contribution < 1.29 is 4.79 Å². The van der Waals surface area contributed by atoms with Crippen molar-refractivity contribution in [2.45, 2.75) is 32.4 Å². The lowest BCUT2D eigenvalue weighted by molar-refractivity contribution is -0.118. The van der Waals surface area contributed by atoms with E-state index >= 15 is 0 Å². The van der Waals surface area contributed by atoms with Gasteiger partial charge in [0.1, 0.15) is 5.01 Å². The van der Waals surface area contributed by atoms with Gasteiger partial charge in [0.25, 0.3) is 0 Å². The van der Waals surface area contributed by atoms with E-state index in [1.165, 1.54) is 0 Å². The van der Waals surface area contributed by atoms with E-state index in [0.29, 0.717) is 5.75 Å². The molecular formula is C11H20N4OS2. The van der Waals surface area contributed by atoms with Gasteiger partial charge in [-0.1, -0.05) is 25.2 Å². The van der Waals surface area contributed by atoms with Crippen LogP contribution < -0.4 is 10.6 Å². The molecular weight excluding hydrogens is 268 g/mol. The zero-order valence-corrected chi connectivity index (χ0v) is 12.5. The van der Waals surface area contributed by atoms with Crippen LogP contribution >= 0.6 is 23.1 Å². The minimum absolute atomic E-state index is 0.0932. The summed E-state index contributed by atoms with van der Waals surface area (Å²) in [5.41, 5.74) is 0. The van der Waals surface area contributed by atoms with Crippen LogP contribution in [0.15, 0.2) is 0 Å². The van der Waals surface area contributed by atoms with Gasteiger partial charge in [-0.15, -0.1) is 22.0 Å². The number of anilines is 1. The van der Waals surface area contributed by atoms with Crippen molar-refractivity contribution in [2.75, 3.05) is 24.2 Å². The monoisotopic (exact) mass is 288 g/mol. The number of nitrogens with zero attached hydrogens (tertiary/aromatic N) is 2. The summed E-state index contributed by atoms with van der Waals surface area (Å²) in [7, 11) is 0. The van der Waals surface area contributed by atoms with Gasteiger partial charge in [0, 0.05) is 18.8 Å². The molecule has 0 atom stereocenters. The fourth-order valence-electron chi connectivity index (χ4n) is 1.16. The molecule has 5 nitrogen and oxygen atoms in total. The van der Waals surface area contributed by atoms with Crippen LogP contribution in [0.5, 0.6) is 0 Å². The maximum atomic E-state index is 11.4. The first-order valence-corrected chi connectivity index (χ1v) is 8.14. The van der Waals surface area contributed by atoms with Crippen LogP contribution in [-0.4, -0.2) is 34.9 Å². The second-order valence-corrected chi connectivity index (χ2v) is 5.82. The second kappa shape index (κ2) is 9.16. The van der Waals surface area contributed by atoms with Gasteiger partial charge in [0.05, 0.1) is 5.75 Å². The molecule has 0 saturated carbocycles. The summed E-state index contributed by atoms with van der Waals surface area (Å²) in [6.07, 6.45) is 2.04. The standard InChI is InChI=1S/C11H20N4OS2/c1-3-5-12-9(16)7-17-8-10-14-15-11(18-10)13-6-4-2/h3-8H2,1-2H3,(H,12,16)(H,13,15). The Balaban J connectivity index is 2.18. The van der Waals surface area contributed by atoms with Gasteiger partial charge >= 0.3 is 0 Å². The normalized spacial score (nSPS) is 10.3. The largest absolute Gasteiger partial charge is 0.360 e. The van der Waals surface area contributed by atoms with Crippen molar-refractivity contribution in [3.8, 4) is 0 Å². The predicted molar refractivity (Wildman–Crippen MR) is 78.2 cm³/mol. The fraction of sp³-hybridized carbons (Fsp3) is 0.727. The van der Waals surface area contributed by atoms with Crippen molar-refractivity contribution in [1.29, 1.82) is 0 Å². The van der Waals surface area contributed by atoms with Gasteiger partial charge in [-0.2, -0.15) is 0 Å². The van der Waals surface area contributed by atoms with Gasteiger partial charge in [0.15, 0.2) is 0 Å². The summed E-state index contributed by atoms with van der Waals surface area (Å²) in [5.74, 6) is 1.32. The molecule has 1 heterocycles. The Labute approximate surface area is 116 Å². The van der Waals surface area contributed by atoms with E-state index in [2.05, 4.69) is 27.8 Å². The molecule has 0 radical (unpaired) electrons. The number of hydrogen-bond donors (Lipinski definition) is 2. The summed E-state index contributed by atoms with van der Waals surface area (Å²) in [6.45, 7) is 5.82. The van der Waals surface area contributed by atoms with Gasteiger partial charge < -0.3 is 10.6 Å². The second-order valence-electron chi connectivity index (χ2n) is 3.77. The number of aromatic nitrogens is 2. The first kappa shape index (κ1) is 15.2. The van der Waals surface area contributed by atoms with Crippen LogP contribution in [0.1, 0.15) is 31.7 Å². The molecule has 7 heteroatoms. The first-order chi connectivity index (χ1) is 8.76. The average Bonchev–Trinajstić information content (AvgIpc) is 2.82. The van der Waals surface area contributed by atoms with Gasteiger partial charge in [-0.3, -0.25) is 4.79 Å². The molecule has 1 aromatic rings. The molecule has 0 aromatic carbocycles. The zero-order valence-electron chi connectivity index (χ0n) is 10.9. The molecule has 0 aliphatic carbocycles. The van der Waals surface area contributed by atoms with Gasteiger partial charge in [-0.05, 0) is 12.8 Å². The third kappa shape index (κ3) is 6.20.